The highest BCUT2D eigenvalue weighted by Gasteiger charge is 2.12. The second-order valence-corrected chi connectivity index (χ2v) is 4.39. The van der Waals surface area contributed by atoms with Crippen molar-refractivity contribution in [3.05, 3.63) is 34.1 Å². The zero-order valence-corrected chi connectivity index (χ0v) is 10.1. The number of benzene rings is 1. The summed E-state index contributed by atoms with van der Waals surface area (Å²) in [6, 6.07) is 4.96. The van der Waals surface area contributed by atoms with E-state index in [0.29, 0.717) is 16.6 Å². The second-order valence-electron chi connectivity index (χ2n) is 3.53. The smallest absolute Gasteiger partial charge is 0.142 e. The largest absolute Gasteiger partial charge is 0.330 e. The van der Waals surface area contributed by atoms with Gasteiger partial charge in [-0.25, -0.2) is 4.39 Å². The van der Waals surface area contributed by atoms with Crippen LogP contribution in [0.15, 0.2) is 22.7 Å². The molecule has 0 aliphatic rings. The van der Waals surface area contributed by atoms with Gasteiger partial charge in [0.25, 0.3) is 0 Å². The molecular weight excluding hydrogens is 259 g/mol. The molecule has 0 amide bonds. The molecule has 1 aromatic carbocycles. The van der Waals surface area contributed by atoms with Crippen LogP contribution in [-0.4, -0.2) is 6.54 Å². The van der Waals surface area contributed by atoms with Crippen molar-refractivity contribution < 1.29 is 4.39 Å². The molecule has 0 saturated carbocycles. The second kappa shape index (κ2) is 6.20. The van der Waals surface area contributed by atoms with Crippen LogP contribution in [0, 0.1) is 5.82 Å². The summed E-state index contributed by atoms with van der Waals surface area (Å²) in [5, 5.41) is 0. The van der Waals surface area contributed by atoms with Crippen LogP contribution in [0.5, 0.6) is 0 Å². The van der Waals surface area contributed by atoms with Crippen molar-refractivity contribution in [2.24, 2.45) is 11.5 Å². The van der Waals surface area contributed by atoms with Crippen LogP contribution < -0.4 is 11.5 Å². The van der Waals surface area contributed by atoms with E-state index in [-0.39, 0.29) is 11.9 Å². The third-order valence-electron chi connectivity index (χ3n) is 2.35. The average Bonchev–Trinajstić information content (AvgIpc) is 2.22. The zero-order chi connectivity index (χ0) is 11.3. The minimum absolute atomic E-state index is 0.242. The molecule has 0 fully saturated rings. The Balaban J connectivity index is 2.65. The highest BCUT2D eigenvalue weighted by molar-refractivity contribution is 9.10. The van der Waals surface area contributed by atoms with E-state index in [1.165, 1.54) is 0 Å². The molecule has 84 valence electrons. The SMILES string of the molecule is NCCCC[C@H](N)c1cccc(Br)c1F. The maximum atomic E-state index is 13.6. The molecule has 1 rings (SSSR count). The Hall–Kier alpha value is -0.450. The van der Waals surface area contributed by atoms with Gasteiger partial charge in [-0.1, -0.05) is 18.6 Å². The van der Waals surface area contributed by atoms with Crippen molar-refractivity contribution in [1.82, 2.24) is 0 Å². The van der Waals surface area contributed by atoms with Gasteiger partial charge in [-0.15, -0.1) is 0 Å². The molecule has 0 aliphatic heterocycles. The van der Waals surface area contributed by atoms with Crippen LogP contribution in [0.25, 0.3) is 0 Å². The first kappa shape index (κ1) is 12.6. The van der Waals surface area contributed by atoms with E-state index in [1.807, 2.05) is 0 Å². The summed E-state index contributed by atoms with van der Waals surface area (Å²) in [6.45, 7) is 0.660. The number of halogens is 2. The highest BCUT2D eigenvalue weighted by Crippen LogP contribution is 2.25. The lowest BCUT2D eigenvalue weighted by Gasteiger charge is -2.13. The summed E-state index contributed by atoms with van der Waals surface area (Å²) >= 11 is 3.15. The van der Waals surface area contributed by atoms with Crippen LogP contribution in [0.3, 0.4) is 0 Å². The van der Waals surface area contributed by atoms with Gasteiger partial charge >= 0.3 is 0 Å². The fourth-order valence-corrected chi connectivity index (χ4v) is 1.85. The molecule has 0 bridgehead atoms. The molecule has 2 nitrogen and oxygen atoms in total. The van der Waals surface area contributed by atoms with Gasteiger partial charge in [0.05, 0.1) is 4.47 Å². The van der Waals surface area contributed by atoms with Crippen molar-refractivity contribution >= 4 is 15.9 Å². The number of nitrogens with two attached hydrogens (primary N) is 2. The normalized spacial score (nSPS) is 12.8. The molecule has 15 heavy (non-hydrogen) atoms. The maximum absolute atomic E-state index is 13.6. The van der Waals surface area contributed by atoms with Crippen LogP contribution in [-0.2, 0) is 0 Å². The molecule has 0 unspecified atom stereocenters. The summed E-state index contributed by atoms with van der Waals surface area (Å²) in [6.07, 6.45) is 2.64. The van der Waals surface area contributed by atoms with E-state index in [2.05, 4.69) is 15.9 Å². The third kappa shape index (κ3) is 3.55. The molecular formula is C11H16BrFN2. The third-order valence-corrected chi connectivity index (χ3v) is 2.96. The first-order valence-electron chi connectivity index (χ1n) is 5.06. The molecule has 4 N–H and O–H groups in total. The van der Waals surface area contributed by atoms with Gasteiger partial charge in [-0.2, -0.15) is 0 Å². The van der Waals surface area contributed by atoms with Crippen molar-refractivity contribution in [2.75, 3.05) is 6.54 Å². The summed E-state index contributed by atoms with van der Waals surface area (Å²) in [5.74, 6) is -0.252. The van der Waals surface area contributed by atoms with E-state index in [0.717, 1.165) is 19.3 Å². The van der Waals surface area contributed by atoms with Gasteiger partial charge < -0.3 is 11.5 Å². The molecule has 0 spiro atoms. The molecule has 0 saturated heterocycles. The molecule has 0 aromatic heterocycles. The lowest BCUT2D eigenvalue weighted by atomic mass is 10.0. The monoisotopic (exact) mass is 274 g/mol. The molecule has 0 radical (unpaired) electrons. The lowest BCUT2D eigenvalue weighted by Crippen LogP contribution is -2.13. The number of rotatable bonds is 5. The predicted molar refractivity (Wildman–Crippen MR) is 63.9 cm³/mol. The molecule has 4 heteroatoms. The first-order valence-corrected chi connectivity index (χ1v) is 5.85. The Bertz CT molecular complexity index is 317. The molecule has 1 aromatic rings. The Labute approximate surface area is 98.0 Å². The van der Waals surface area contributed by atoms with Gasteiger partial charge in [0.2, 0.25) is 0 Å². The van der Waals surface area contributed by atoms with E-state index in [9.17, 15) is 4.39 Å². The van der Waals surface area contributed by atoms with E-state index < -0.39 is 0 Å². The summed E-state index contributed by atoms with van der Waals surface area (Å²) in [5.41, 5.74) is 11.9. The predicted octanol–water partition coefficient (Wildman–Crippen LogP) is 2.72. The highest BCUT2D eigenvalue weighted by atomic mass is 79.9. The quantitative estimate of drug-likeness (QED) is 0.812. The number of unbranched alkanes of at least 4 members (excludes halogenated alkanes) is 1. The topological polar surface area (TPSA) is 52.0 Å². The van der Waals surface area contributed by atoms with Crippen molar-refractivity contribution in [3.63, 3.8) is 0 Å². The average molecular weight is 275 g/mol. The Morgan fingerprint density at radius 1 is 1.33 bits per heavy atom. The van der Waals surface area contributed by atoms with Gasteiger partial charge in [0.15, 0.2) is 0 Å². The fraction of sp³-hybridized carbons (Fsp3) is 0.455. The summed E-state index contributed by atoms with van der Waals surface area (Å²) in [4.78, 5) is 0. The van der Waals surface area contributed by atoms with Crippen molar-refractivity contribution in [3.8, 4) is 0 Å². The van der Waals surface area contributed by atoms with Gasteiger partial charge in [0.1, 0.15) is 5.82 Å². The van der Waals surface area contributed by atoms with Crippen LogP contribution in [0.1, 0.15) is 30.9 Å². The van der Waals surface area contributed by atoms with Gasteiger partial charge in [-0.3, -0.25) is 0 Å². The number of hydrogen-bond donors (Lipinski definition) is 2. The van der Waals surface area contributed by atoms with Crippen molar-refractivity contribution in [2.45, 2.75) is 25.3 Å². The van der Waals surface area contributed by atoms with Crippen LogP contribution in [0.4, 0.5) is 4.39 Å². The Kier molecular flexibility index (Phi) is 5.22. The Morgan fingerprint density at radius 3 is 2.73 bits per heavy atom. The van der Waals surface area contributed by atoms with E-state index in [4.69, 9.17) is 11.5 Å². The molecule has 0 aliphatic carbocycles. The van der Waals surface area contributed by atoms with E-state index >= 15 is 0 Å². The minimum atomic E-state index is -0.252. The van der Waals surface area contributed by atoms with Gasteiger partial charge in [-0.05, 0) is 41.4 Å². The Morgan fingerprint density at radius 2 is 2.07 bits per heavy atom. The standard InChI is InChI=1S/C11H16BrFN2/c12-9-5-3-4-8(11(9)13)10(15)6-1-2-7-14/h3-5,10H,1-2,6-7,14-15H2/t10-/m0/s1. The fourth-order valence-electron chi connectivity index (χ4n) is 1.47. The zero-order valence-electron chi connectivity index (χ0n) is 8.55. The first-order chi connectivity index (χ1) is 7.16. The van der Waals surface area contributed by atoms with Crippen LogP contribution >= 0.6 is 15.9 Å². The summed E-state index contributed by atoms with van der Waals surface area (Å²) in [7, 11) is 0. The summed E-state index contributed by atoms with van der Waals surface area (Å²) < 4.78 is 14.1. The van der Waals surface area contributed by atoms with E-state index in [1.54, 1.807) is 18.2 Å². The number of hydrogen-bond acceptors (Lipinski definition) is 2. The van der Waals surface area contributed by atoms with Gasteiger partial charge in [0, 0.05) is 11.6 Å². The maximum Gasteiger partial charge on any atom is 0.142 e. The minimum Gasteiger partial charge on any atom is -0.330 e. The molecule has 0 heterocycles. The van der Waals surface area contributed by atoms with Crippen molar-refractivity contribution in [1.29, 1.82) is 0 Å². The van der Waals surface area contributed by atoms with Crippen LogP contribution in [0.2, 0.25) is 0 Å². The lowest BCUT2D eigenvalue weighted by molar-refractivity contribution is 0.540. The molecule has 1 atom stereocenters.